The molecule has 2 bridgehead atoms. The summed E-state index contributed by atoms with van der Waals surface area (Å²) in [4.78, 5) is 0.0921. The third kappa shape index (κ3) is 4.43. The van der Waals surface area contributed by atoms with Crippen LogP contribution in [0.4, 0.5) is 0 Å². The van der Waals surface area contributed by atoms with Gasteiger partial charge in [0.1, 0.15) is 0 Å². The number of rotatable bonds is 4. The predicted molar refractivity (Wildman–Crippen MR) is 149 cm³/mol. The van der Waals surface area contributed by atoms with Gasteiger partial charge in [0.05, 0.1) is 21.2 Å². The van der Waals surface area contributed by atoms with Crippen molar-refractivity contribution in [2.45, 2.75) is 22.6 Å². The van der Waals surface area contributed by atoms with Gasteiger partial charge >= 0.3 is 0 Å². The maximum Gasteiger partial charge on any atom is 0.282 e. The van der Waals surface area contributed by atoms with Crippen LogP contribution < -0.4 is 0 Å². The summed E-state index contributed by atoms with van der Waals surface area (Å²) in [6.07, 6.45) is 5.95. The van der Waals surface area contributed by atoms with Gasteiger partial charge in [0.2, 0.25) is 0 Å². The first-order valence-corrected chi connectivity index (χ1v) is 15.8. The molecule has 4 unspecified atom stereocenters. The van der Waals surface area contributed by atoms with Gasteiger partial charge in [-0.2, -0.15) is 25.6 Å². The van der Waals surface area contributed by atoms with E-state index in [2.05, 4.69) is 20.9 Å². The second-order valence-corrected chi connectivity index (χ2v) is 13.8. The molecule has 4 aliphatic carbocycles. The Labute approximate surface area is 231 Å². The highest BCUT2D eigenvalue weighted by Crippen LogP contribution is 2.51. The largest absolute Gasteiger partial charge is 0.282 e. The Morgan fingerprint density at radius 1 is 0.579 bits per heavy atom. The van der Waals surface area contributed by atoms with Crippen LogP contribution in [0.5, 0.6) is 0 Å². The maximum atomic E-state index is 13.4. The summed E-state index contributed by atoms with van der Waals surface area (Å²) < 4.78 is 62.6. The van der Waals surface area contributed by atoms with Gasteiger partial charge in [0, 0.05) is 33.0 Å². The SMILES string of the molecule is O=S(=O)(N=C1c2ccccc2C(=NS(=O)(=O)c2ccc(Cl)cc2)C2C3C=CC(CC3)C12)c1ccc(Cl)cc1. The first-order valence-electron chi connectivity index (χ1n) is 12.1. The Bertz CT molecular complexity index is 1600. The van der Waals surface area contributed by atoms with Gasteiger partial charge in [-0.15, -0.1) is 0 Å². The standard InChI is InChI=1S/C28H22Cl2N2O4S2/c29-19-9-13-21(14-10-19)37(33,34)31-27-23-3-1-2-4-24(23)28(26-18-7-5-17(6-8-18)25(26)27)32-38(35,36)22-15-11-20(30)12-16-22/h1-5,7,9-18,25-26H,6,8H2. The molecule has 4 atom stereocenters. The van der Waals surface area contributed by atoms with Crippen LogP contribution >= 0.6 is 23.2 Å². The van der Waals surface area contributed by atoms with E-state index >= 15 is 0 Å². The Hall–Kier alpha value is -2.78. The van der Waals surface area contributed by atoms with E-state index in [1.165, 1.54) is 48.5 Å². The number of hydrogen-bond acceptors (Lipinski definition) is 4. The van der Waals surface area contributed by atoms with E-state index in [0.717, 1.165) is 12.8 Å². The molecule has 10 heteroatoms. The molecule has 0 spiro atoms. The lowest BCUT2D eigenvalue weighted by Crippen LogP contribution is -2.49. The van der Waals surface area contributed by atoms with Crippen LogP contribution in [-0.4, -0.2) is 28.3 Å². The van der Waals surface area contributed by atoms with E-state index in [9.17, 15) is 16.8 Å². The lowest BCUT2D eigenvalue weighted by Gasteiger charge is -2.48. The first kappa shape index (κ1) is 25.5. The fourth-order valence-corrected chi connectivity index (χ4v) is 8.21. The van der Waals surface area contributed by atoms with Crippen LogP contribution in [0, 0.1) is 23.7 Å². The Morgan fingerprint density at radius 3 is 1.29 bits per heavy atom. The van der Waals surface area contributed by atoms with E-state index in [0.29, 0.717) is 32.6 Å². The van der Waals surface area contributed by atoms with Crippen LogP contribution in [0.25, 0.3) is 0 Å². The van der Waals surface area contributed by atoms with Crippen molar-refractivity contribution in [3.05, 3.63) is 106 Å². The van der Waals surface area contributed by atoms with Gasteiger partial charge in [-0.25, -0.2) is 0 Å². The molecule has 3 aromatic carbocycles. The van der Waals surface area contributed by atoms with Crippen molar-refractivity contribution in [3.63, 3.8) is 0 Å². The van der Waals surface area contributed by atoms with Crippen LogP contribution in [0.15, 0.2) is 104 Å². The number of allylic oxidation sites excluding steroid dienone is 2. The maximum absolute atomic E-state index is 13.4. The van der Waals surface area contributed by atoms with Crippen molar-refractivity contribution in [2.24, 2.45) is 32.5 Å². The second-order valence-electron chi connectivity index (χ2n) is 9.70. The molecule has 6 nitrogen and oxygen atoms in total. The number of sulfonamides is 2. The number of halogens is 2. The van der Waals surface area contributed by atoms with E-state index in [1.807, 2.05) is 0 Å². The van der Waals surface area contributed by atoms with Gasteiger partial charge in [-0.3, -0.25) is 0 Å². The van der Waals surface area contributed by atoms with Crippen LogP contribution in [0.2, 0.25) is 10.0 Å². The van der Waals surface area contributed by atoms with E-state index in [4.69, 9.17) is 23.2 Å². The van der Waals surface area contributed by atoms with Crippen molar-refractivity contribution in [1.29, 1.82) is 0 Å². The fourth-order valence-electron chi connectivity index (χ4n) is 5.83. The molecular formula is C28H22Cl2N2O4S2. The first-order chi connectivity index (χ1) is 18.1. The monoisotopic (exact) mass is 584 g/mol. The predicted octanol–water partition coefficient (Wildman–Crippen LogP) is 6.19. The summed E-state index contributed by atoms with van der Waals surface area (Å²) in [5, 5.41) is 0.856. The van der Waals surface area contributed by atoms with E-state index in [1.54, 1.807) is 24.3 Å². The number of fused-ring (bicyclic) bond motifs is 2. The molecule has 0 heterocycles. The zero-order chi connectivity index (χ0) is 26.7. The summed E-state index contributed by atoms with van der Waals surface area (Å²) in [6.45, 7) is 0. The van der Waals surface area contributed by atoms with Gasteiger partial charge in [-0.05, 0) is 73.2 Å². The van der Waals surface area contributed by atoms with Crippen molar-refractivity contribution in [3.8, 4) is 0 Å². The Balaban J connectivity index is 1.57. The fraction of sp³-hybridized carbons (Fsp3) is 0.214. The molecule has 1 fully saturated rings. The zero-order valence-electron chi connectivity index (χ0n) is 19.9. The molecule has 0 aromatic heterocycles. The van der Waals surface area contributed by atoms with E-state index in [-0.39, 0.29) is 33.5 Å². The van der Waals surface area contributed by atoms with Crippen molar-refractivity contribution in [2.75, 3.05) is 0 Å². The molecule has 0 N–H and O–H groups in total. The summed E-state index contributed by atoms with van der Waals surface area (Å²) in [5.41, 5.74) is 2.06. The van der Waals surface area contributed by atoms with Crippen LogP contribution in [0.1, 0.15) is 24.0 Å². The van der Waals surface area contributed by atoms with E-state index < -0.39 is 20.0 Å². The highest BCUT2D eigenvalue weighted by molar-refractivity contribution is 7.90. The topological polar surface area (TPSA) is 93.0 Å². The molecule has 0 saturated heterocycles. The number of nitrogens with zero attached hydrogens (tertiary/aromatic N) is 2. The molecule has 4 aliphatic rings. The normalized spacial score (nSPS) is 26.4. The minimum absolute atomic E-state index is 0.0148. The van der Waals surface area contributed by atoms with Crippen LogP contribution in [-0.2, 0) is 20.0 Å². The number of benzene rings is 3. The minimum atomic E-state index is -4.05. The van der Waals surface area contributed by atoms with Crippen molar-refractivity contribution < 1.29 is 16.8 Å². The molecule has 7 rings (SSSR count). The highest BCUT2D eigenvalue weighted by atomic mass is 35.5. The Kier molecular flexibility index (Phi) is 6.34. The Morgan fingerprint density at radius 2 is 0.947 bits per heavy atom. The average molecular weight is 586 g/mol. The van der Waals surface area contributed by atoms with Crippen LogP contribution in [0.3, 0.4) is 0 Å². The summed E-state index contributed by atoms with van der Waals surface area (Å²) in [5.74, 6) is -0.619. The minimum Gasteiger partial charge on any atom is -0.199 e. The lowest BCUT2D eigenvalue weighted by atomic mass is 9.55. The van der Waals surface area contributed by atoms with Crippen molar-refractivity contribution in [1.82, 2.24) is 0 Å². The molecule has 3 aromatic rings. The third-order valence-electron chi connectivity index (χ3n) is 7.52. The lowest BCUT2D eigenvalue weighted by molar-refractivity contribution is 0.226. The molecule has 38 heavy (non-hydrogen) atoms. The highest BCUT2D eigenvalue weighted by Gasteiger charge is 2.50. The summed E-state index contributed by atoms with van der Waals surface area (Å²) >= 11 is 11.9. The molecule has 194 valence electrons. The molecule has 1 saturated carbocycles. The van der Waals surface area contributed by atoms with Gasteiger partial charge in [-0.1, -0.05) is 59.6 Å². The van der Waals surface area contributed by atoms with Gasteiger partial charge in [0.25, 0.3) is 20.0 Å². The second kappa shape index (κ2) is 9.45. The third-order valence-corrected chi connectivity index (χ3v) is 10.6. The average Bonchev–Trinajstić information content (AvgIpc) is 2.91. The van der Waals surface area contributed by atoms with Gasteiger partial charge < -0.3 is 0 Å². The quantitative estimate of drug-likeness (QED) is 0.342. The summed E-state index contributed by atoms with van der Waals surface area (Å²) in [6, 6.07) is 19.0. The zero-order valence-corrected chi connectivity index (χ0v) is 23.1. The smallest absolute Gasteiger partial charge is 0.199 e. The van der Waals surface area contributed by atoms with Gasteiger partial charge in [0.15, 0.2) is 0 Å². The number of hydrogen-bond donors (Lipinski definition) is 0. The molecule has 0 amide bonds. The van der Waals surface area contributed by atoms with Crippen molar-refractivity contribution >= 4 is 54.7 Å². The molecular weight excluding hydrogens is 563 g/mol. The molecule has 0 aliphatic heterocycles. The summed E-state index contributed by atoms with van der Waals surface area (Å²) in [7, 11) is -8.10. The molecule has 0 radical (unpaired) electrons.